The van der Waals surface area contributed by atoms with Crippen LogP contribution in [0.5, 0.6) is 0 Å². The second-order valence-corrected chi connectivity index (χ2v) is 5.76. The van der Waals surface area contributed by atoms with Gasteiger partial charge in [-0.1, -0.05) is 12.1 Å². The minimum Gasteiger partial charge on any atom is -0.390 e. The summed E-state index contributed by atoms with van der Waals surface area (Å²) in [7, 11) is 0. The van der Waals surface area contributed by atoms with Gasteiger partial charge in [-0.3, -0.25) is 4.90 Å². The van der Waals surface area contributed by atoms with E-state index in [1.807, 2.05) is 19.1 Å². The van der Waals surface area contributed by atoms with Crippen molar-refractivity contribution < 1.29 is 9.50 Å². The summed E-state index contributed by atoms with van der Waals surface area (Å²) in [5, 5.41) is 10.1. The Hall–Kier alpha value is -0.970. The van der Waals surface area contributed by atoms with Gasteiger partial charge < -0.3 is 10.8 Å². The molecule has 3 N–H and O–H groups in total. The predicted molar refractivity (Wildman–Crippen MR) is 74.0 cm³/mol. The summed E-state index contributed by atoms with van der Waals surface area (Å²) in [6, 6.07) is 5.15. The Labute approximate surface area is 114 Å². The van der Waals surface area contributed by atoms with Gasteiger partial charge in [0.25, 0.3) is 0 Å². The smallest absolute Gasteiger partial charge is 0.127 e. The van der Waals surface area contributed by atoms with Crippen LogP contribution in [0, 0.1) is 5.82 Å². The molecule has 4 heteroatoms. The van der Waals surface area contributed by atoms with E-state index in [1.165, 1.54) is 6.07 Å². The average molecular weight is 266 g/mol. The molecule has 1 unspecified atom stereocenters. The molecule has 1 fully saturated rings. The van der Waals surface area contributed by atoms with Gasteiger partial charge in [0.15, 0.2) is 0 Å². The van der Waals surface area contributed by atoms with Crippen molar-refractivity contribution in [3.05, 3.63) is 35.1 Å². The molecule has 1 aromatic rings. The fourth-order valence-electron chi connectivity index (χ4n) is 2.62. The molecule has 0 saturated carbocycles. The molecule has 106 valence electrons. The van der Waals surface area contributed by atoms with Gasteiger partial charge in [-0.2, -0.15) is 0 Å². The molecule has 1 aliphatic rings. The topological polar surface area (TPSA) is 49.5 Å². The molecule has 0 aliphatic carbocycles. The first-order valence-corrected chi connectivity index (χ1v) is 6.92. The van der Waals surface area contributed by atoms with Crippen LogP contribution < -0.4 is 5.73 Å². The van der Waals surface area contributed by atoms with E-state index in [4.69, 9.17) is 5.73 Å². The molecule has 1 saturated heterocycles. The van der Waals surface area contributed by atoms with E-state index >= 15 is 0 Å². The summed E-state index contributed by atoms with van der Waals surface area (Å²) in [6.07, 6.45) is 2.64. The number of aliphatic hydroxyl groups is 1. The number of rotatable bonds is 3. The van der Waals surface area contributed by atoms with Gasteiger partial charge >= 0.3 is 0 Å². The van der Waals surface area contributed by atoms with Crippen molar-refractivity contribution in [3.8, 4) is 0 Å². The van der Waals surface area contributed by atoms with Crippen LogP contribution in [0.1, 0.15) is 37.3 Å². The SMILES string of the molecule is CC1(O)CCCN(Cc2ccc(F)c(CN)c2)CC1. The van der Waals surface area contributed by atoms with Crippen LogP contribution in [-0.4, -0.2) is 28.7 Å². The van der Waals surface area contributed by atoms with Gasteiger partial charge in [-0.15, -0.1) is 0 Å². The molecule has 2 rings (SSSR count). The average Bonchev–Trinajstić information content (AvgIpc) is 2.53. The lowest BCUT2D eigenvalue weighted by atomic mass is 9.98. The first kappa shape index (κ1) is 14.4. The summed E-state index contributed by atoms with van der Waals surface area (Å²) in [4.78, 5) is 2.31. The Balaban J connectivity index is 2.01. The molecule has 0 radical (unpaired) electrons. The Kier molecular flexibility index (Phi) is 4.55. The Bertz CT molecular complexity index is 434. The molecule has 1 heterocycles. The van der Waals surface area contributed by atoms with E-state index in [2.05, 4.69) is 4.90 Å². The second-order valence-electron chi connectivity index (χ2n) is 5.76. The number of hydrogen-bond acceptors (Lipinski definition) is 3. The monoisotopic (exact) mass is 266 g/mol. The highest BCUT2D eigenvalue weighted by atomic mass is 19.1. The lowest BCUT2D eigenvalue weighted by Crippen LogP contribution is -2.28. The maximum atomic E-state index is 13.4. The van der Waals surface area contributed by atoms with Crippen LogP contribution in [0.3, 0.4) is 0 Å². The highest BCUT2D eigenvalue weighted by Gasteiger charge is 2.24. The summed E-state index contributed by atoms with van der Waals surface area (Å²) >= 11 is 0. The van der Waals surface area contributed by atoms with E-state index < -0.39 is 5.60 Å². The number of nitrogens with zero attached hydrogens (tertiary/aromatic N) is 1. The van der Waals surface area contributed by atoms with Gasteiger partial charge in [0.1, 0.15) is 5.82 Å². The highest BCUT2D eigenvalue weighted by Crippen LogP contribution is 2.22. The Morgan fingerprint density at radius 2 is 2.16 bits per heavy atom. The van der Waals surface area contributed by atoms with Crippen LogP contribution in [0.4, 0.5) is 4.39 Å². The third-order valence-corrected chi connectivity index (χ3v) is 3.89. The van der Waals surface area contributed by atoms with Crippen LogP contribution in [0.2, 0.25) is 0 Å². The standard InChI is InChI=1S/C15H23FN2O/c1-15(19)5-2-7-18(8-6-15)11-12-3-4-14(16)13(9-12)10-17/h3-4,9,19H,2,5-8,10-11,17H2,1H3. The second kappa shape index (κ2) is 5.99. The zero-order valence-electron chi connectivity index (χ0n) is 11.5. The van der Waals surface area contributed by atoms with E-state index in [0.717, 1.165) is 44.5 Å². The lowest BCUT2D eigenvalue weighted by molar-refractivity contribution is 0.0444. The van der Waals surface area contributed by atoms with Crippen molar-refractivity contribution in [2.24, 2.45) is 5.73 Å². The van der Waals surface area contributed by atoms with Crippen molar-refractivity contribution in [1.29, 1.82) is 0 Å². The molecule has 0 amide bonds. The zero-order chi connectivity index (χ0) is 13.9. The maximum absolute atomic E-state index is 13.4. The van der Waals surface area contributed by atoms with Crippen LogP contribution in [0.25, 0.3) is 0 Å². The molecular formula is C15H23FN2O. The van der Waals surface area contributed by atoms with E-state index in [9.17, 15) is 9.50 Å². The summed E-state index contributed by atoms with van der Waals surface area (Å²) in [5.41, 5.74) is 6.64. The summed E-state index contributed by atoms with van der Waals surface area (Å²) < 4.78 is 13.4. The van der Waals surface area contributed by atoms with Gasteiger partial charge in [0.05, 0.1) is 5.60 Å². The Morgan fingerprint density at radius 1 is 1.37 bits per heavy atom. The van der Waals surface area contributed by atoms with Crippen LogP contribution >= 0.6 is 0 Å². The minimum atomic E-state index is -0.542. The van der Waals surface area contributed by atoms with Gasteiger partial charge in [-0.25, -0.2) is 4.39 Å². The number of likely N-dealkylation sites (tertiary alicyclic amines) is 1. The summed E-state index contributed by atoms with van der Waals surface area (Å²) in [5.74, 6) is -0.231. The maximum Gasteiger partial charge on any atom is 0.127 e. The number of nitrogens with two attached hydrogens (primary N) is 1. The molecule has 0 spiro atoms. The van der Waals surface area contributed by atoms with Gasteiger partial charge in [0, 0.05) is 25.2 Å². The van der Waals surface area contributed by atoms with Crippen LogP contribution in [-0.2, 0) is 13.1 Å². The van der Waals surface area contributed by atoms with Crippen molar-refractivity contribution >= 4 is 0 Å². The van der Waals surface area contributed by atoms with E-state index in [0.29, 0.717) is 5.56 Å². The third-order valence-electron chi connectivity index (χ3n) is 3.89. The zero-order valence-corrected chi connectivity index (χ0v) is 11.5. The number of benzene rings is 1. The molecule has 1 aromatic carbocycles. The molecule has 0 bridgehead atoms. The third kappa shape index (κ3) is 4.00. The molecule has 1 aliphatic heterocycles. The predicted octanol–water partition coefficient (Wildman–Crippen LogP) is 2.02. The molecular weight excluding hydrogens is 243 g/mol. The highest BCUT2D eigenvalue weighted by molar-refractivity contribution is 5.25. The lowest BCUT2D eigenvalue weighted by Gasteiger charge is -2.22. The van der Waals surface area contributed by atoms with E-state index in [1.54, 1.807) is 0 Å². The van der Waals surface area contributed by atoms with Gasteiger partial charge in [0.2, 0.25) is 0 Å². The van der Waals surface area contributed by atoms with Crippen molar-refractivity contribution in [2.75, 3.05) is 13.1 Å². The van der Waals surface area contributed by atoms with E-state index in [-0.39, 0.29) is 12.4 Å². The molecule has 3 nitrogen and oxygen atoms in total. The fraction of sp³-hybridized carbons (Fsp3) is 0.600. The fourth-order valence-corrected chi connectivity index (χ4v) is 2.62. The molecule has 19 heavy (non-hydrogen) atoms. The van der Waals surface area contributed by atoms with Crippen LogP contribution in [0.15, 0.2) is 18.2 Å². The van der Waals surface area contributed by atoms with Crippen molar-refractivity contribution in [2.45, 2.75) is 44.9 Å². The van der Waals surface area contributed by atoms with Crippen molar-refractivity contribution in [3.63, 3.8) is 0 Å². The largest absolute Gasteiger partial charge is 0.390 e. The first-order chi connectivity index (χ1) is 9.00. The number of hydrogen-bond donors (Lipinski definition) is 2. The molecule has 0 aromatic heterocycles. The van der Waals surface area contributed by atoms with Crippen molar-refractivity contribution in [1.82, 2.24) is 4.90 Å². The Morgan fingerprint density at radius 3 is 2.89 bits per heavy atom. The summed E-state index contributed by atoms with van der Waals surface area (Å²) in [6.45, 7) is 4.78. The number of halogens is 1. The normalized spacial score (nSPS) is 25.3. The first-order valence-electron chi connectivity index (χ1n) is 6.92. The quantitative estimate of drug-likeness (QED) is 0.880. The van der Waals surface area contributed by atoms with Gasteiger partial charge in [-0.05, 0) is 44.4 Å². The molecule has 1 atom stereocenters. The minimum absolute atomic E-state index is 0.231.